The SMILES string of the molecule is CC(C(=O)N1CCSCC1CC(=O)O)c1cc2ccccc2o1. The molecule has 6 heteroatoms. The van der Waals surface area contributed by atoms with Crippen molar-refractivity contribution in [2.45, 2.75) is 25.3 Å². The zero-order chi connectivity index (χ0) is 16.4. The predicted molar refractivity (Wildman–Crippen MR) is 89.7 cm³/mol. The molecule has 1 aliphatic heterocycles. The average molecular weight is 333 g/mol. The molecule has 1 fully saturated rings. The fourth-order valence-electron chi connectivity index (χ4n) is 2.90. The van der Waals surface area contributed by atoms with E-state index in [0.717, 1.165) is 16.7 Å². The van der Waals surface area contributed by atoms with E-state index in [9.17, 15) is 9.59 Å². The maximum absolute atomic E-state index is 12.8. The number of nitrogens with zero attached hydrogens (tertiary/aromatic N) is 1. The van der Waals surface area contributed by atoms with Crippen LogP contribution in [-0.4, -0.2) is 46.0 Å². The molecule has 1 aromatic carbocycles. The van der Waals surface area contributed by atoms with Crippen LogP contribution in [0.1, 0.15) is 25.0 Å². The summed E-state index contributed by atoms with van der Waals surface area (Å²) < 4.78 is 5.79. The van der Waals surface area contributed by atoms with E-state index >= 15 is 0 Å². The van der Waals surface area contributed by atoms with Crippen LogP contribution in [0.4, 0.5) is 0 Å². The van der Waals surface area contributed by atoms with Crippen molar-refractivity contribution in [2.24, 2.45) is 0 Å². The van der Waals surface area contributed by atoms with Crippen LogP contribution in [0.15, 0.2) is 34.7 Å². The minimum Gasteiger partial charge on any atom is -0.481 e. The van der Waals surface area contributed by atoms with E-state index in [1.165, 1.54) is 0 Å². The highest BCUT2D eigenvalue weighted by atomic mass is 32.2. The molecule has 1 aliphatic rings. The number of carbonyl (C=O) groups is 2. The summed E-state index contributed by atoms with van der Waals surface area (Å²) in [6, 6.07) is 9.30. The summed E-state index contributed by atoms with van der Waals surface area (Å²) in [4.78, 5) is 25.6. The lowest BCUT2D eigenvalue weighted by molar-refractivity contribution is -0.140. The van der Waals surface area contributed by atoms with Crippen LogP contribution < -0.4 is 0 Å². The quantitative estimate of drug-likeness (QED) is 0.931. The van der Waals surface area contributed by atoms with Gasteiger partial charge < -0.3 is 14.4 Å². The number of furan rings is 1. The summed E-state index contributed by atoms with van der Waals surface area (Å²) in [5, 5.41) is 10.0. The molecular weight excluding hydrogens is 314 g/mol. The Kier molecular flexibility index (Phi) is 4.61. The van der Waals surface area contributed by atoms with Crippen molar-refractivity contribution in [3.05, 3.63) is 36.1 Å². The lowest BCUT2D eigenvalue weighted by atomic mass is 10.0. The third-order valence-electron chi connectivity index (χ3n) is 4.16. The molecule has 5 nitrogen and oxygen atoms in total. The minimum absolute atomic E-state index is 0.00834. The van der Waals surface area contributed by atoms with E-state index in [4.69, 9.17) is 9.52 Å². The third-order valence-corrected chi connectivity index (χ3v) is 5.25. The van der Waals surface area contributed by atoms with Crippen molar-refractivity contribution < 1.29 is 19.1 Å². The molecular formula is C17H19NO4S. The third kappa shape index (κ3) is 3.37. The zero-order valence-electron chi connectivity index (χ0n) is 12.9. The van der Waals surface area contributed by atoms with Gasteiger partial charge in [-0.2, -0.15) is 11.8 Å². The van der Waals surface area contributed by atoms with Gasteiger partial charge in [-0.25, -0.2) is 0 Å². The lowest BCUT2D eigenvalue weighted by Gasteiger charge is -2.36. The summed E-state index contributed by atoms with van der Waals surface area (Å²) in [5.74, 6) is 0.798. The van der Waals surface area contributed by atoms with Crippen molar-refractivity contribution >= 4 is 34.6 Å². The van der Waals surface area contributed by atoms with Gasteiger partial charge in [-0.1, -0.05) is 18.2 Å². The van der Waals surface area contributed by atoms with Gasteiger partial charge in [0.15, 0.2) is 0 Å². The van der Waals surface area contributed by atoms with E-state index < -0.39 is 11.9 Å². The highest BCUT2D eigenvalue weighted by molar-refractivity contribution is 7.99. The Bertz CT molecular complexity index is 693. The second kappa shape index (κ2) is 6.66. The summed E-state index contributed by atoms with van der Waals surface area (Å²) in [7, 11) is 0. The first-order valence-corrected chi connectivity index (χ1v) is 8.80. The van der Waals surface area contributed by atoms with E-state index in [1.807, 2.05) is 37.3 Å². The van der Waals surface area contributed by atoms with Gasteiger partial charge in [0.2, 0.25) is 5.91 Å². The molecule has 2 heterocycles. The van der Waals surface area contributed by atoms with Crippen molar-refractivity contribution in [3.8, 4) is 0 Å². The molecule has 23 heavy (non-hydrogen) atoms. The van der Waals surface area contributed by atoms with Crippen LogP contribution in [0.3, 0.4) is 0 Å². The summed E-state index contributed by atoms with van der Waals surface area (Å²) >= 11 is 1.70. The molecule has 2 unspecified atom stereocenters. The predicted octanol–water partition coefficient (Wildman–Crippen LogP) is 2.96. The molecule has 122 valence electrons. The second-order valence-electron chi connectivity index (χ2n) is 5.77. The van der Waals surface area contributed by atoms with Gasteiger partial charge in [-0.15, -0.1) is 0 Å². The maximum atomic E-state index is 12.8. The average Bonchev–Trinajstić information content (AvgIpc) is 2.97. The van der Waals surface area contributed by atoms with Gasteiger partial charge in [0, 0.05) is 23.4 Å². The van der Waals surface area contributed by atoms with Gasteiger partial charge in [-0.3, -0.25) is 9.59 Å². The number of benzene rings is 1. The molecule has 1 N–H and O–H groups in total. The van der Waals surface area contributed by atoms with Gasteiger partial charge in [-0.05, 0) is 19.1 Å². The van der Waals surface area contributed by atoms with E-state index in [0.29, 0.717) is 18.1 Å². The molecule has 0 aliphatic carbocycles. The second-order valence-corrected chi connectivity index (χ2v) is 6.92. The smallest absolute Gasteiger partial charge is 0.305 e. The van der Waals surface area contributed by atoms with Crippen molar-refractivity contribution in [3.63, 3.8) is 0 Å². The molecule has 0 spiro atoms. The van der Waals surface area contributed by atoms with E-state index in [2.05, 4.69) is 0 Å². The highest BCUT2D eigenvalue weighted by Crippen LogP contribution is 2.29. The minimum atomic E-state index is -0.869. The molecule has 1 amide bonds. The van der Waals surface area contributed by atoms with Crippen LogP contribution in [0.25, 0.3) is 11.0 Å². The number of carboxylic acid groups (broad SMARTS) is 1. The first-order chi connectivity index (χ1) is 11.1. The first-order valence-electron chi connectivity index (χ1n) is 7.64. The van der Waals surface area contributed by atoms with Gasteiger partial charge >= 0.3 is 5.97 Å². The number of carboxylic acids is 1. The standard InChI is InChI=1S/C17H19NO4S/c1-11(15-8-12-4-2-3-5-14(12)22-15)17(21)18-6-7-23-10-13(18)9-16(19)20/h2-5,8,11,13H,6-7,9-10H2,1H3,(H,19,20). The number of para-hydroxylation sites is 1. The van der Waals surface area contributed by atoms with Crippen LogP contribution in [0.2, 0.25) is 0 Å². The van der Waals surface area contributed by atoms with E-state index in [1.54, 1.807) is 16.7 Å². The summed E-state index contributed by atoms with van der Waals surface area (Å²) in [6.45, 7) is 2.41. The summed E-state index contributed by atoms with van der Waals surface area (Å²) in [5.41, 5.74) is 0.762. The highest BCUT2D eigenvalue weighted by Gasteiger charge is 2.33. The molecule has 0 saturated carbocycles. The lowest BCUT2D eigenvalue weighted by Crippen LogP contribution is -2.48. The Labute approximate surface area is 138 Å². The number of thioether (sulfide) groups is 1. The number of amides is 1. The number of hydrogen-bond donors (Lipinski definition) is 1. The number of carbonyl (C=O) groups excluding carboxylic acids is 1. The van der Waals surface area contributed by atoms with Crippen LogP contribution in [-0.2, 0) is 9.59 Å². The largest absolute Gasteiger partial charge is 0.481 e. The van der Waals surface area contributed by atoms with Crippen LogP contribution in [0, 0.1) is 0 Å². The summed E-state index contributed by atoms with van der Waals surface area (Å²) in [6.07, 6.45) is -0.00834. The first kappa shape index (κ1) is 15.9. The number of fused-ring (bicyclic) bond motifs is 1. The molecule has 0 bridgehead atoms. The normalized spacial score (nSPS) is 19.7. The number of hydrogen-bond acceptors (Lipinski definition) is 4. The van der Waals surface area contributed by atoms with Crippen LogP contribution in [0.5, 0.6) is 0 Å². The molecule has 3 rings (SSSR count). The fraction of sp³-hybridized carbons (Fsp3) is 0.412. The zero-order valence-corrected chi connectivity index (χ0v) is 13.7. The topological polar surface area (TPSA) is 70.8 Å². The van der Waals surface area contributed by atoms with Crippen molar-refractivity contribution in [1.29, 1.82) is 0 Å². The molecule has 1 saturated heterocycles. The van der Waals surface area contributed by atoms with E-state index in [-0.39, 0.29) is 18.4 Å². The molecule has 0 radical (unpaired) electrons. The Morgan fingerprint density at radius 3 is 2.96 bits per heavy atom. The molecule has 2 atom stereocenters. The van der Waals surface area contributed by atoms with Crippen molar-refractivity contribution in [2.75, 3.05) is 18.1 Å². The molecule has 2 aromatic rings. The Hall–Kier alpha value is -1.95. The van der Waals surface area contributed by atoms with Gasteiger partial charge in [0.05, 0.1) is 18.4 Å². The van der Waals surface area contributed by atoms with Crippen molar-refractivity contribution in [1.82, 2.24) is 4.90 Å². The Morgan fingerprint density at radius 2 is 2.22 bits per heavy atom. The number of rotatable bonds is 4. The molecule has 1 aromatic heterocycles. The van der Waals surface area contributed by atoms with Crippen LogP contribution >= 0.6 is 11.8 Å². The van der Waals surface area contributed by atoms with Gasteiger partial charge in [0.25, 0.3) is 0 Å². The monoisotopic (exact) mass is 333 g/mol. The Balaban J connectivity index is 1.80. The number of aliphatic carboxylic acids is 1. The Morgan fingerprint density at radius 1 is 1.43 bits per heavy atom. The fourth-order valence-corrected chi connectivity index (χ4v) is 3.96. The van der Waals surface area contributed by atoms with Gasteiger partial charge in [0.1, 0.15) is 11.3 Å². The maximum Gasteiger partial charge on any atom is 0.305 e.